The van der Waals surface area contributed by atoms with Crippen molar-refractivity contribution >= 4 is 5.97 Å². The molecule has 1 aliphatic carbocycles. The molecule has 2 aliphatic rings. The maximum absolute atomic E-state index is 11.4. The van der Waals surface area contributed by atoms with Gasteiger partial charge in [-0.25, -0.2) is 0 Å². The number of ether oxygens (including phenoxy) is 5. The van der Waals surface area contributed by atoms with Gasteiger partial charge < -0.3 is 23.7 Å². The third kappa shape index (κ3) is 5.89. The molecule has 5 atom stereocenters. The molecule has 1 aliphatic heterocycles. The van der Waals surface area contributed by atoms with Gasteiger partial charge in [0.15, 0.2) is 0 Å². The van der Waals surface area contributed by atoms with Crippen LogP contribution in [0.4, 0.5) is 0 Å². The van der Waals surface area contributed by atoms with Gasteiger partial charge in [0, 0.05) is 13.3 Å². The van der Waals surface area contributed by atoms with Crippen LogP contribution in [-0.2, 0) is 48.3 Å². The molecule has 3 aromatic carbocycles. The summed E-state index contributed by atoms with van der Waals surface area (Å²) in [6.07, 6.45) is 2.71. The molecule has 1 heterocycles. The van der Waals surface area contributed by atoms with Crippen LogP contribution in [0.5, 0.6) is 0 Å². The molecule has 0 N–H and O–H groups in total. The molecule has 1 spiro atoms. The van der Waals surface area contributed by atoms with Crippen molar-refractivity contribution in [3.8, 4) is 0 Å². The van der Waals surface area contributed by atoms with E-state index >= 15 is 0 Å². The second kappa shape index (κ2) is 11.6. The van der Waals surface area contributed by atoms with Crippen LogP contribution in [-0.4, -0.2) is 35.5 Å². The van der Waals surface area contributed by atoms with Gasteiger partial charge in [-0.2, -0.15) is 0 Å². The van der Waals surface area contributed by atoms with E-state index in [4.69, 9.17) is 23.7 Å². The lowest BCUT2D eigenvalue weighted by Crippen LogP contribution is -2.50. The summed E-state index contributed by atoms with van der Waals surface area (Å²) in [7, 11) is 0. The number of rotatable bonds is 11. The van der Waals surface area contributed by atoms with Crippen molar-refractivity contribution in [1.82, 2.24) is 0 Å². The predicted octanol–water partition coefficient (Wildman–Crippen LogP) is 5.75. The zero-order chi connectivity index (χ0) is 26.4. The Morgan fingerprint density at radius 1 is 0.842 bits per heavy atom. The van der Waals surface area contributed by atoms with Gasteiger partial charge in [0.05, 0.1) is 32.2 Å². The third-order valence-electron chi connectivity index (χ3n) is 7.20. The number of carbonyl (C=O) groups is 1. The Kier molecular flexibility index (Phi) is 8.05. The van der Waals surface area contributed by atoms with Crippen LogP contribution < -0.4 is 0 Å². The molecule has 5 rings (SSSR count). The number of esters is 1. The summed E-state index contributed by atoms with van der Waals surface area (Å²) in [6, 6.07) is 30.2. The van der Waals surface area contributed by atoms with E-state index in [-0.39, 0.29) is 6.10 Å². The molecular weight excluding hydrogens is 480 g/mol. The molecule has 0 amide bonds. The lowest BCUT2D eigenvalue weighted by Gasteiger charge is -2.35. The number of benzene rings is 3. The van der Waals surface area contributed by atoms with Crippen molar-refractivity contribution in [1.29, 1.82) is 0 Å². The smallest absolute Gasteiger partial charge is 0.307 e. The van der Waals surface area contributed by atoms with Gasteiger partial charge >= 0.3 is 5.97 Å². The monoisotopic (exact) mass is 514 g/mol. The minimum Gasteiger partial charge on any atom is -0.435 e. The summed E-state index contributed by atoms with van der Waals surface area (Å²) in [5, 5.41) is 0. The summed E-state index contributed by atoms with van der Waals surface area (Å²) in [5.41, 5.74) is 1.66. The maximum Gasteiger partial charge on any atom is 0.307 e. The summed E-state index contributed by atoms with van der Waals surface area (Å²) >= 11 is 0. The van der Waals surface area contributed by atoms with E-state index < -0.39 is 29.4 Å². The summed E-state index contributed by atoms with van der Waals surface area (Å²) in [4.78, 5) is 11.4. The van der Waals surface area contributed by atoms with Gasteiger partial charge in [0.25, 0.3) is 0 Å². The Labute approximate surface area is 224 Å². The van der Waals surface area contributed by atoms with Crippen molar-refractivity contribution in [3.05, 3.63) is 120 Å². The highest BCUT2D eigenvalue weighted by molar-refractivity contribution is 5.66. The van der Waals surface area contributed by atoms with Gasteiger partial charge in [0.1, 0.15) is 23.4 Å². The molecule has 1 saturated heterocycles. The average molecular weight is 515 g/mol. The highest BCUT2D eigenvalue weighted by atomic mass is 16.6. The van der Waals surface area contributed by atoms with Crippen molar-refractivity contribution in [3.63, 3.8) is 0 Å². The van der Waals surface area contributed by atoms with E-state index in [1.165, 1.54) is 13.2 Å². The minimum absolute atomic E-state index is 0.157. The first-order chi connectivity index (χ1) is 18.5. The topological polar surface area (TPSA) is 63.2 Å². The van der Waals surface area contributed by atoms with E-state index in [1.54, 1.807) is 6.08 Å². The van der Waals surface area contributed by atoms with Crippen LogP contribution in [0.25, 0.3) is 0 Å². The Balaban J connectivity index is 1.41. The normalized spacial score (nSPS) is 28.1. The molecule has 0 radical (unpaired) electrons. The van der Waals surface area contributed by atoms with Crippen molar-refractivity contribution < 1.29 is 28.5 Å². The molecule has 2 fully saturated rings. The number of carbonyl (C=O) groups excluding carboxylic acids is 1. The van der Waals surface area contributed by atoms with Gasteiger partial charge in [-0.3, -0.25) is 4.79 Å². The molecule has 6 heteroatoms. The predicted molar refractivity (Wildman–Crippen MR) is 143 cm³/mol. The van der Waals surface area contributed by atoms with Crippen LogP contribution >= 0.6 is 0 Å². The zero-order valence-electron chi connectivity index (χ0n) is 21.8. The van der Waals surface area contributed by atoms with Crippen LogP contribution in [0.15, 0.2) is 103 Å². The third-order valence-corrected chi connectivity index (χ3v) is 7.20. The zero-order valence-corrected chi connectivity index (χ0v) is 21.8. The molecule has 38 heavy (non-hydrogen) atoms. The van der Waals surface area contributed by atoms with Gasteiger partial charge in [-0.05, 0) is 29.7 Å². The standard InChI is InChI=1S/C32H34O6/c1-24(33)34-19-18-28-31(2,37-23-27-16-10-5-11-17-27)30(36-22-26-14-8-4-9-15-26)32(38-28)20-29(32)35-21-25-12-6-3-7-13-25/h3-19,28-30H,20-23H2,1-2H3/b19-18+/t28?,29?,30-,31-,32?/m0/s1. The van der Waals surface area contributed by atoms with Crippen molar-refractivity contribution in [2.75, 3.05) is 0 Å². The second-order valence-corrected chi connectivity index (χ2v) is 10.1. The maximum atomic E-state index is 11.4. The van der Waals surface area contributed by atoms with E-state index in [1.807, 2.05) is 97.9 Å². The molecular formula is C32H34O6. The lowest BCUT2D eigenvalue weighted by molar-refractivity contribution is -0.143. The lowest BCUT2D eigenvalue weighted by atomic mass is 9.90. The van der Waals surface area contributed by atoms with Gasteiger partial charge in [-0.15, -0.1) is 0 Å². The second-order valence-electron chi connectivity index (χ2n) is 10.1. The van der Waals surface area contributed by atoms with E-state index in [0.29, 0.717) is 26.2 Å². The summed E-state index contributed by atoms with van der Waals surface area (Å²) in [6.45, 7) is 4.65. The fourth-order valence-corrected chi connectivity index (χ4v) is 5.12. The van der Waals surface area contributed by atoms with Crippen LogP contribution in [0.1, 0.15) is 37.0 Å². The molecule has 198 valence electrons. The quantitative estimate of drug-likeness (QED) is 0.240. The van der Waals surface area contributed by atoms with Crippen molar-refractivity contribution in [2.24, 2.45) is 0 Å². The fraction of sp³-hybridized carbons (Fsp3) is 0.344. The Morgan fingerprint density at radius 3 is 1.92 bits per heavy atom. The SMILES string of the molecule is CC(=O)O/C=C/C1OC2(CC2OCc2ccccc2)[C@@H](OCc2ccccc2)[C@@]1(C)OCc1ccccc1. The largest absolute Gasteiger partial charge is 0.435 e. The number of hydrogen-bond acceptors (Lipinski definition) is 6. The fourth-order valence-electron chi connectivity index (χ4n) is 5.12. The van der Waals surface area contributed by atoms with Gasteiger partial charge in [0.2, 0.25) is 0 Å². The highest BCUT2D eigenvalue weighted by Gasteiger charge is 2.74. The Bertz CT molecular complexity index is 1210. The molecule has 6 nitrogen and oxygen atoms in total. The highest BCUT2D eigenvalue weighted by Crippen LogP contribution is 2.58. The van der Waals surface area contributed by atoms with E-state index in [9.17, 15) is 4.79 Å². The molecule has 0 bridgehead atoms. The van der Waals surface area contributed by atoms with Crippen LogP contribution in [0.2, 0.25) is 0 Å². The van der Waals surface area contributed by atoms with Crippen LogP contribution in [0.3, 0.4) is 0 Å². The summed E-state index contributed by atoms with van der Waals surface area (Å²) in [5.74, 6) is -0.395. The first-order valence-electron chi connectivity index (χ1n) is 13.0. The van der Waals surface area contributed by atoms with E-state index in [2.05, 4.69) is 0 Å². The Morgan fingerprint density at radius 2 is 1.37 bits per heavy atom. The number of hydrogen-bond donors (Lipinski definition) is 0. The first-order valence-corrected chi connectivity index (χ1v) is 13.0. The van der Waals surface area contributed by atoms with Crippen LogP contribution in [0, 0.1) is 0 Å². The molecule has 3 aromatic rings. The van der Waals surface area contributed by atoms with Gasteiger partial charge in [-0.1, -0.05) is 91.0 Å². The molecule has 3 unspecified atom stereocenters. The van der Waals surface area contributed by atoms with Crippen molar-refractivity contribution in [2.45, 2.75) is 69.6 Å². The van der Waals surface area contributed by atoms with E-state index in [0.717, 1.165) is 16.7 Å². The molecule has 0 aromatic heterocycles. The first kappa shape index (κ1) is 26.3. The molecule has 1 saturated carbocycles. The summed E-state index contributed by atoms with van der Waals surface area (Å²) < 4.78 is 31.4. The minimum atomic E-state index is -0.869. The average Bonchev–Trinajstić information content (AvgIpc) is 3.58. The Hall–Kier alpha value is -3.29.